The van der Waals surface area contributed by atoms with Crippen molar-refractivity contribution < 1.29 is 13.7 Å². The molecule has 1 amide bonds. The molecule has 0 unspecified atom stereocenters. The predicted octanol–water partition coefficient (Wildman–Crippen LogP) is 3.99. The molecule has 3 aromatic carbocycles. The molecule has 0 N–H and O–H groups in total. The fourth-order valence-corrected chi connectivity index (χ4v) is 3.87. The number of aromatic nitrogens is 2. The number of carbonyl (C=O) groups is 1. The Morgan fingerprint density at radius 3 is 2.48 bits per heavy atom. The van der Waals surface area contributed by atoms with E-state index in [1.54, 1.807) is 17.0 Å². The topological polar surface area (TPSA) is 62.5 Å². The molecule has 1 fully saturated rings. The van der Waals surface area contributed by atoms with Crippen LogP contribution in [0.15, 0.2) is 71.3 Å². The number of nitrogens with zero attached hydrogens (tertiary/aromatic N) is 4. The fourth-order valence-electron chi connectivity index (χ4n) is 3.87. The summed E-state index contributed by atoms with van der Waals surface area (Å²) in [6, 6.07) is 20.3. The first-order valence-electron chi connectivity index (χ1n) is 10.3. The Balaban J connectivity index is 1.21. The molecule has 156 valence electrons. The van der Waals surface area contributed by atoms with Crippen molar-refractivity contribution >= 4 is 16.7 Å². The average Bonchev–Trinajstić information content (AvgIpc) is 3.28. The van der Waals surface area contributed by atoms with Gasteiger partial charge in [-0.2, -0.15) is 4.98 Å². The molecule has 0 saturated carbocycles. The minimum absolute atomic E-state index is 0.120. The van der Waals surface area contributed by atoms with Gasteiger partial charge in [0, 0.05) is 31.7 Å². The lowest BCUT2D eigenvalue weighted by Gasteiger charge is -2.34. The van der Waals surface area contributed by atoms with Gasteiger partial charge in [-0.1, -0.05) is 47.6 Å². The van der Waals surface area contributed by atoms with E-state index in [4.69, 9.17) is 4.52 Å². The number of carbonyl (C=O) groups excluding carboxylic acids is 1. The van der Waals surface area contributed by atoms with Crippen LogP contribution in [0.4, 0.5) is 4.39 Å². The summed E-state index contributed by atoms with van der Waals surface area (Å²) in [7, 11) is 0. The molecular formula is C24H21FN4O2. The summed E-state index contributed by atoms with van der Waals surface area (Å²) in [5.74, 6) is 0.352. The molecule has 7 heteroatoms. The maximum absolute atomic E-state index is 13.9. The van der Waals surface area contributed by atoms with Gasteiger partial charge in [-0.05, 0) is 35.0 Å². The molecule has 6 nitrogen and oxygen atoms in total. The van der Waals surface area contributed by atoms with E-state index in [-0.39, 0.29) is 11.5 Å². The third-order valence-electron chi connectivity index (χ3n) is 5.59. The number of hydrogen-bond acceptors (Lipinski definition) is 5. The van der Waals surface area contributed by atoms with Crippen molar-refractivity contribution in [3.05, 3.63) is 83.9 Å². The zero-order valence-electron chi connectivity index (χ0n) is 16.9. The smallest absolute Gasteiger partial charge is 0.257 e. The van der Waals surface area contributed by atoms with E-state index in [2.05, 4.69) is 27.2 Å². The van der Waals surface area contributed by atoms with Crippen molar-refractivity contribution in [2.45, 2.75) is 6.54 Å². The van der Waals surface area contributed by atoms with Gasteiger partial charge in [-0.25, -0.2) is 4.39 Å². The quantitative estimate of drug-likeness (QED) is 0.504. The van der Waals surface area contributed by atoms with E-state index in [9.17, 15) is 9.18 Å². The summed E-state index contributed by atoms with van der Waals surface area (Å²) in [6.07, 6.45) is 0. The molecule has 0 aliphatic carbocycles. The Labute approximate surface area is 178 Å². The lowest BCUT2D eigenvalue weighted by molar-refractivity contribution is 0.0620. The van der Waals surface area contributed by atoms with E-state index in [1.165, 1.54) is 12.1 Å². The average molecular weight is 416 g/mol. The summed E-state index contributed by atoms with van der Waals surface area (Å²) in [6.45, 7) is 2.93. The Hall–Kier alpha value is -3.58. The number of halogens is 1. The third-order valence-corrected chi connectivity index (χ3v) is 5.59. The lowest BCUT2D eigenvalue weighted by Crippen LogP contribution is -2.48. The van der Waals surface area contributed by atoms with Crippen LogP contribution in [0.1, 0.15) is 16.2 Å². The molecule has 0 radical (unpaired) electrons. The Morgan fingerprint density at radius 2 is 1.68 bits per heavy atom. The lowest BCUT2D eigenvalue weighted by atomic mass is 10.1. The van der Waals surface area contributed by atoms with Gasteiger partial charge < -0.3 is 9.42 Å². The largest absolute Gasteiger partial charge is 0.336 e. The monoisotopic (exact) mass is 416 g/mol. The van der Waals surface area contributed by atoms with E-state index in [0.29, 0.717) is 44.4 Å². The van der Waals surface area contributed by atoms with Gasteiger partial charge in [-0.3, -0.25) is 9.69 Å². The van der Waals surface area contributed by atoms with E-state index >= 15 is 0 Å². The fraction of sp³-hybridized carbons (Fsp3) is 0.208. The van der Waals surface area contributed by atoms with Crippen LogP contribution in [0.25, 0.3) is 22.2 Å². The number of benzene rings is 3. The van der Waals surface area contributed by atoms with E-state index < -0.39 is 5.82 Å². The number of piperazine rings is 1. The molecule has 4 aromatic rings. The Morgan fingerprint density at radius 1 is 0.935 bits per heavy atom. The molecule has 1 aliphatic rings. The summed E-state index contributed by atoms with van der Waals surface area (Å²) in [5, 5.41) is 6.40. The van der Waals surface area contributed by atoms with Crippen LogP contribution in [-0.4, -0.2) is 52.0 Å². The molecule has 31 heavy (non-hydrogen) atoms. The van der Waals surface area contributed by atoms with Crippen molar-refractivity contribution in [2.75, 3.05) is 26.2 Å². The van der Waals surface area contributed by atoms with Gasteiger partial charge in [0.05, 0.1) is 12.1 Å². The van der Waals surface area contributed by atoms with Gasteiger partial charge in [-0.15, -0.1) is 0 Å². The summed E-state index contributed by atoms with van der Waals surface area (Å²) < 4.78 is 19.4. The van der Waals surface area contributed by atoms with Crippen LogP contribution in [0, 0.1) is 5.82 Å². The minimum atomic E-state index is -0.483. The van der Waals surface area contributed by atoms with Crippen molar-refractivity contribution in [3.63, 3.8) is 0 Å². The first-order valence-corrected chi connectivity index (χ1v) is 10.3. The first-order chi connectivity index (χ1) is 15.2. The van der Waals surface area contributed by atoms with Crippen molar-refractivity contribution in [1.29, 1.82) is 0 Å². The second-order valence-electron chi connectivity index (χ2n) is 7.63. The first kappa shape index (κ1) is 19.4. The second-order valence-corrected chi connectivity index (χ2v) is 7.63. The highest BCUT2D eigenvalue weighted by Gasteiger charge is 2.24. The molecule has 1 aliphatic heterocycles. The standard InChI is InChI=1S/C24H21FN4O2/c25-21-8-4-3-7-20(21)24(30)29-13-11-28(12-14-29)16-22-26-23(31-27-22)19-10-9-17-5-1-2-6-18(17)15-19/h1-10,15H,11-14,16H2. The Bertz CT molecular complexity index is 1230. The summed E-state index contributed by atoms with van der Waals surface area (Å²) in [5.41, 5.74) is 1.01. The molecule has 0 spiro atoms. The summed E-state index contributed by atoms with van der Waals surface area (Å²) in [4.78, 5) is 21.0. The van der Waals surface area contributed by atoms with Crippen LogP contribution in [0.3, 0.4) is 0 Å². The van der Waals surface area contributed by atoms with Crippen molar-refractivity contribution in [2.24, 2.45) is 0 Å². The molecule has 0 atom stereocenters. The van der Waals surface area contributed by atoms with Gasteiger partial charge in [0.25, 0.3) is 11.8 Å². The number of amides is 1. The SMILES string of the molecule is O=C(c1ccccc1F)N1CCN(Cc2noc(-c3ccc4ccccc4c3)n2)CC1. The van der Waals surface area contributed by atoms with Crippen LogP contribution in [0.5, 0.6) is 0 Å². The number of rotatable bonds is 4. The summed E-state index contributed by atoms with van der Waals surface area (Å²) >= 11 is 0. The molecule has 5 rings (SSSR count). The van der Waals surface area contributed by atoms with Crippen LogP contribution in [-0.2, 0) is 6.54 Å². The third kappa shape index (κ3) is 4.04. The van der Waals surface area contributed by atoms with Crippen LogP contribution < -0.4 is 0 Å². The van der Waals surface area contributed by atoms with Gasteiger partial charge in [0.2, 0.25) is 0 Å². The zero-order valence-corrected chi connectivity index (χ0v) is 16.9. The normalized spacial score (nSPS) is 14.8. The highest BCUT2D eigenvalue weighted by Crippen LogP contribution is 2.23. The zero-order chi connectivity index (χ0) is 21.2. The molecule has 2 heterocycles. The maximum Gasteiger partial charge on any atom is 0.257 e. The Kier molecular flexibility index (Phi) is 5.18. The van der Waals surface area contributed by atoms with Gasteiger partial charge >= 0.3 is 0 Å². The minimum Gasteiger partial charge on any atom is -0.336 e. The van der Waals surface area contributed by atoms with Crippen LogP contribution in [0.2, 0.25) is 0 Å². The van der Waals surface area contributed by atoms with Crippen molar-refractivity contribution in [1.82, 2.24) is 19.9 Å². The highest BCUT2D eigenvalue weighted by molar-refractivity contribution is 5.94. The number of fused-ring (bicyclic) bond motifs is 1. The van der Waals surface area contributed by atoms with Crippen molar-refractivity contribution in [3.8, 4) is 11.5 Å². The second kappa shape index (κ2) is 8.28. The van der Waals surface area contributed by atoms with E-state index in [1.807, 2.05) is 30.3 Å². The molecule has 0 bridgehead atoms. The number of hydrogen-bond donors (Lipinski definition) is 0. The highest BCUT2D eigenvalue weighted by atomic mass is 19.1. The van der Waals surface area contributed by atoms with Gasteiger partial charge in [0.15, 0.2) is 5.82 Å². The van der Waals surface area contributed by atoms with Crippen LogP contribution >= 0.6 is 0 Å². The predicted molar refractivity (Wildman–Crippen MR) is 115 cm³/mol. The molecular weight excluding hydrogens is 395 g/mol. The molecule has 1 saturated heterocycles. The molecule has 1 aromatic heterocycles. The van der Waals surface area contributed by atoms with E-state index in [0.717, 1.165) is 16.3 Å². The maximum atomic E-state index is 13.9. The van der Waals surface area contributed by atoms with Gasteiger partial charge in [0.1, 0.15) is 5.82 Å².